The molecule has 2 rings (SSSR count). The third kappa shape index (κ3) is 2.22. The van der Waals surface area contributed by atoms with Gasteiger partial charge in [0.1, 0.15) is 6.23 Å². The molecule has 0 bridgehead atoms. The number of hydrogen-bond donors (Lipinski definition) is 0. The number of benzene rings is 1. The Morgan fingerprint density at radius 1 is 1.29 bits per heavy atom. The van der Waals surface area contributed by atoms with Crippen LogP contribution in [0.5, 0.6) is 0 Å². The maximum absolute atomic E-state index is 12.4. The van der Waals surface area contributed by atoms with Gasteiger partial charge in [0.15, 0.2) is 0 Å². The van der Waals surface area contributed by atoms with Gasteiger partial charge in [-0.15, -0.1) is 0 Å². The maximum atomic E-state index is 12.4. The molecule has 1 unspecified atom stereocenters. The van der Waals surface area contributed by atoms with Gasteiger partial charge in [0.25, 0.3) is 0 Å². The van der Waals surface area contributed by atoms with Crippen molar-refractivity contribution >= 4 is 10.0 Å². The lowest BCUT2D eigenvalue weighted by Crippen LogP contribution is -2.34. The highest BCUT2D eigenvalue weighted by Crippen LogP contribution is 2.23. The van der Waals surface area contributed by atoms with Crippen LogP contribution < -0.4 is 0 Å². The van der Waals surface area contributed by atoms with Crippen LogP contribution in [0.1, 0.15) is 18.1 Å². The van der Waals surface area contributed by atoms with Gasteiger partial charge in [-0.05, 0) is 44.0 Å². The molecular weight excluding hydrogens is 238 g/mol. The lowest BCUT2D eigenvalue weighted by molar-refractivity contribution is 0.0846. The van der Waals surface area contributed by atoms with Gasteiger partial charge in [-0.25, -0.2) is 8.42 Å². The summed E-state index contributed by atoms with van der Waals surface area (Å²) in [5, 5.41) is 0. The lowest BCUT2D eigenvalue weighted by atomic mass is 10.1. The Morgan fingerprint density at radius 3 is 2.53 bits per heavy atom. The minimum absolute atomic E-state index is 0.345. The number of rotatable bonds is 2. The fourth-order valence-electron chi connectivity index (χ4n) is 1.90. The number of hydrogen-bond acceptors (Lipinski definition) is 3. The first-order valence-corrected chi connectivity index (χ1v) is 7.07. The van der Waals surface area contributed by atoms with E-state index < -0.39 is 10.0 Å². The van der Waals surface area contributed by atoms with Gasteiger partial charge in [-0.1, -0.05) is 6.07 Å². The predicted octanol–water partition coefficient (Wildman–Crippen LogP) is 1.67. The van der Waals surface area contributed by atoms with Crippen molar-refractivity contribution in [2.45, 2.75) is 31.9 Å². The molecule has 0 N–H and O–H groups in total. The quantitative estimate of drug-likeness (QED) is 0.807. The molecule has 0 aliphatic carbocycles. The number of nitrogens with zero attached hydrogens (tertiary/aromatic N) is 1. The highest BCUT2D eigenvalue weighted by molar-refractivity contribution is 7.89. The molecule has 1 aliphatic rings. The van der Waals surface area contributed by atoms with Crippen LogP contribution in [-0.4, -0.2) is 32.1 Å². The Hall–Kier alpha value is -0.910. The van der Waals surface area contributed by atoms with Crippen molar-refractivity contribution in [2.24, 2.45) is 0 Å². The zero-order chi connectivity index (χ0) is 12.6. The average molecular weight is 255 g/mol. The summed E-state index contributed by atoms with van der Waals surface area (Å²) in [6.45, 7) is 6.53. The molecule has 1 atom stereocenters. The summed E-state index contributed by atoms with van der Waals surface area (Å²) < 4.78 is 31.4. The second-order valence-corrected chi connectivity index (χ2v) is 6.22. The van der Waals surface area contributed by atoms with E-state index in [1.165, 1.54) is 4.31 Å². The van der Waals surface area contributed by atoms with Crippen molar-refractivity contribution in [2.75, 3.05) is 13.2 Å². The second-order valence-electron chi connectivity index (χ2n) is 4.33. The predicted molar refractivity (Wildman–Crippen MR) is 65.2 cm³/mol. The van der Waals surface area contributed by atoms with Crippen LogP contribution in [0.15, 0.2) is 23.1 Å². The normalized spacial score (nSPS) is 21.9. The van der Waals surface area contributed by atoms with Crippen LogP contribution in [0.25, 0.3) is 0 Å². The van der Waals surface area contributed by atoms with E-state index in [0.717, 1.165) is 11.1 Å². The third-order valence-corrected chi connectivity index (χ3v) is 5.11. The van der Waals surface area contributed by atoms with E-state index in [1.54, 1.807) is 19.1 Å². The summed E-state index contributed by atoms with van der Waals surface area (Å²) >= 11 is 0. The van der Waals surface area contributed by atoms with Crippen molar-refractivity contribution in [3.05, 3.63) is 29.3 Å². The molecule has 0 radical (unpaired) electrons. The van der Waals surface area contributed by atoms with Crippen molar-refractivity contribution < 1.29 is 13.2 Å². The third-order valence-electron chi connectivity index (χ3n) is 3.16. The van der Waals surface area contributed by atoms with Gasteiger partial charge in [0.05, 0.1) is 11.5 Å². The molecule has 17 heavy (non-hydrogen) atoms. The minimum atomic E-state index is -3.42. The van der Waals surface area contributed by atoms with Crippen molar-refractivity contribution in [1.82, 2.24) is 4.31 Å². The summed E-state index contributed by atoms with van der Waals surface area (Å²) in [7, 11) is -3.42. The Morgan fingerprint density at radius 2 is 2.00 bits per heavy atom. The van der Waals surface area contributed by atoms with Crippen LogP contribution in [-0.2, 0) is 14.8 Å². The van der Waals surface area contributed by atoms with E-state index in [4.69, 9.17) is 4.74 Å². The smallest absolute Gasteiger partial charge is 0.245 e. The molecule has 1 saturated heterocycles. The lowest BCUT2D eigenvalue weighted by Gasteiger charge is -2.19. The Kier molecular flexibility index (Phi) is 3.25. The Balaban J connectivity index is 2.41. The molecule has 1 aromatic carbocycles. The molecule has 4 nitrogen and oxygen atoms in total. The number of aryl methyl sites for hydroxylation is 2. The van der Waals surface area contributed by atoms with Crippen LogP contribution in [0.3, 0.4) is 0 Å². The van der Waals surface area contributed by atoms with E-state index in [9.17, 15) is 8.42 Å². The van der Waals surface area contributed by atoms with Crippen LogP contribution in [0, 0.1) is 13.8 Å². The molecule has 5 heteroatoms. The zero-order valence-electron chi connectivity index (χ0n) is 10.3. The zero-order valence-corrected chi connectivity index (χ0v) is 11.1. The maximum Gasteiger partial charge on any atom is 0.245 e. The Bertz CT molecular complexity index is 525. The van der Waals surface area contributed by atoms with E-state index in [-0.39, 0.29) is 6.23 Å². The number of ether oxygens (including phenoxy) is 1. The van der Waals surface area contributed by atoms with Gasteiger partial charge in [0, 0.05) is 6.54 Å². The summed E-state index contributed by atoms with van der Waals surface area (Å²) in [4.78, 5) is 0.345. The average Bonchev–Trinajstić information content (AvgIpc) is 2.69. The first kappa shape index (κ1) is 12.5. The van der Waals surface area contributed by atoms with E-state index in [2.05, 4.69) is 0 Å². The summed E-state index contributed by atoms with van der Waals surface area (Å²) in [5.41, 5.74) is 2.08. The molecule has 0 aromatic heterocycles. The van der Waals surface area contributed by atoms with Crippen molar-refractivity contribution in [1.29, 1.82) is 0 Å². The Labute approximate surface area is 102 Å². The second kappa shape index (κ2) is 4.40. The van der Waals surface area contributed by atoms with Gasteiger partial charge in [0.2, 0.25) is 10.0 Å². The van der Waals surface area contributed by atoms with Crippen LogP contribution in [0.4, 0.5) is 0 Å². The molecule has 1 aromatic rings. The molecule has 0 spiro atoms. The molecule has 94 valence electrons. The van der Waals surface area contributed by atoms with Gasteiger partial charge in [-0.3, -0.25) is 0 Å². The van der Waals surface area contributed by atoms with Crippen LogP contribution in [0.2, 0.25) is 0 Å². The fourth-order valence-corrected chi connectivity index (χ4v) is 3.51. The van der Waals surface area contributed by atoms with Crippen molar-refractivity contribution in [3.8, 4) is 0 Å². The molecule has 1 aliphatic heterocycles. The van der Waals surface area contributed by atoms with E-state index in [0.29, 0.717) is 18.0 Å². The van der Waals surface area contributed by atoms with Gasteiger partial charge in [-0.2, -0.15) is 4.31 Å². The molecular formula is C12H17NO3S. The van der Waals surface area contributed by atoms with Gasteiger partial charge < -0.3 is 4.74 Å². The van der Waals surface area contributed by atoms with E-state index >= 15 is 0 Å². The minimum Gasteiger partial charge on any atom is -0.361 e. The summed E-state index contributed by atoms with van der Waals surface area (Å²) in [6.07, 6.45) is -0.374. The fraction of sp³-hybridized carbons (Fsp3) is 0.500. The first-order chi connectivity index (χ1) is 7.93. The van der Waals surface area contributed by atoms with Crippen molar-refractivity contribution in [3.63, 3.8) is 0 Å². The topological polar surface area (TPSA) is 46.6 Å². The SMILES string of the molecule is Cc1ccc(S(=O)(=O)N2CCOC2C)cc1C. The summed E-state index contributed by atoms with van der Waals surface area (Å²) in [5.74, 6) is 0. The highest BCUT2D eigenvalue weighted by atomic mass is 32.2. The van der Waals surface area contributed by atoms with Gasteiger partial charge >= 0.3 is 0 Å². The highest BCUT2D eigenvalue weighted by Gasteiger charge is 2.33. The standard InChI is InChI=1S/C12H17NO3S/c1-9-4-5-12(8-10(9)2)17(14,15)13-6-7-16-11(13)3/h4-5,8,11H,6-7H2,1-3H3. The molecule has 0 saturated carbocycles. The van der Waals surface area contributed by atoms with E-state index in [1.807, 2.05) is 19.9 Å². The molecule has 1 heterocycles. The monoisotopic (exact) mass is 255 g/mol. The largest absolute Gasteiger partial charge is 0.361 e. The number of sulfonamides is 1. The first-order valence-electron chi connectivity index (χ1n) is 5.63. The molecule has 1 fully saturated rings. The van der Waals surface area contributed by atoms with Crippen LogP contribution >= 0.6 is 0 Å². The summed E-state index contributed by atoms with van der Waals surface area (Å²) in [6, 6.07) is 5.21. The molecule has 0 amide bonds.